The van der Waals surface area contributed by atoms with Crippen molar-refractivity contribution < 1.29 is 19.0 Å². The highest BCUT2D eigenvalue weighted by Crippen LogP contribution is 2.41. The van der Waals surface area contributed by atoms with Crippen LogP contribution in [0.15, 0.2) is 78.9 Å². The summed E-state index contributed by atoms with van der Waals surface area (Å²) in [6, 6.07) is 24.9. The van der Waals surface area contributed by atoms with Crippen molar-refractivity contribution in [3.05, 3.63) is 112 Å². The molecule has 0 saturated heterocycles. The predicted octanol–water partition coefficient (Wildman–Crippen LogP) is 7.40. The average Bonchev–Trinajstić information content (AvgIpc) is 2.91. The van der Waals surface area contributed by atoms with E-state index in [1.54, 1.807) is 6.07 Å². The van der Waals surface area contributed by atoms with Crippen molar-refractivity contribution in [3.63, 3.8) is 0 Å². The molecule has 0 bridgehead atoms. The lowest BCUT2D eigenvalue weighted by atomic mass is 9.82. The first-order valence-corrected chi connectivity index (χ1v) is 12.9. The standard InChI is InChI=1S/C32H32FNO3/c1-20-13-14-22(18-28(20)32(35)36)29-19-23(37-31-12-6-5-11-27(29)31)8-7-17-34-21(2)24-15-16-30(33)26-10-4-3-9-25(24)26/h3-6,9-16,18,21,23,29,34H,7-8,17,19H2,1-2H3,(H,35,36)/t21-,23+,29+/m1/s1. The summed E-state index contributed by atoms with van der Waals surface area (Å²) in [7, 11) is 0. The second-order valence-electron chi connectivity index (χ2n) is 9.95. The average molecular weight is 498 g/mol. The lowest BCUT2D eigenvalue weighted by molar-refractivity contribution is 0.0696. The number of ether oxygens (including phenoxy) is 1. The third kappa shape index (κ3) is 5.23. The van der Waals surface area contributed by atoms with E-state index in [9.17, 15) is 14.3 Å². The summed E-state index contributed by atoms with van der Waals surface area (Å²) in [6.45, 7) is 4.75. The van der Waals surface area contributed by atoms with Gasteiger partial charge in [0.25, 0.3) is 0 Å². The number of carboxylic acids is 1. The fraction of sp³-hybridized carbons (Fsp3) is 0.281. The van der Waals surface area contributed by atoms with Gasteiger partial charge >= 0.3 is 5.97 Å². The van der Waals surface area contributed by atoms with Gasteiger partial charge in [-0.1, -0.05) is 60.7 Å². The second-order valence-corrected chi connectivity index (χ2v) is 9.95. The van der Waals surface area contributed by atoms with E-state index >= 15 is 0 Å². The summed E-state index contributed by atoms with van der Waals surface area (Å²) >= 11 is 0. The monoisotopic (exact) mass is 497 g/mol. The van der Waals surface area contributed by atoms with E-state index in [0.717, 1.165) is 59.2 Å². The predicted molar refractivity (Wildman–Crippen MR) is 145 cm³/mol. The molecule has 0 aromatic heterocycles. The topological polar surface area (TPSA) is 58.6 Å². The van der Waals surface area contributed by atoms with E-state index < -0.39 is 5.97 Å². The van der Waals surface area contributed by atoms with Crippen molar-refractivity contribution in [2.45, 2.75) is 51.2 Å². The van der Waals surface area contributed by atoms with Gasteiger partial charge in [-0.2, -0.15) is 0 Å². The van der Waals surface area contributed by atoms with E-state index in [1.807, 2.05) is 73.7 Å². The molecule has 0 aliphatic carbocycles. The maximum atomic E-state index is 14.2. The molecule has 0 amide bonds. The Labute approximate surface area is 217 Å². The van der Waals surface area contributed by atoms with Crippen LogP contribution in [0.2, 0.25) is 0 Å². The lowest BCUT2D eigenvalue weighted by Crippen LogP contribution is -2.28. The van der Waals surface area contributed by atoms with E-state index in [2.05, 4.69) is 18.3 Å². The highest BCUT2D eigenvalue weighted by Gasteiger charge is 2.29. The molecule has 5 rings (SSSR count). The van der Waals surface area contributed by atoms with Gasteiger partial charge in [-0.05, 0) is 79.9 Å². The van der Waals surface area contributed by atoms with Gasteiger partial charge < -0.3 is 15.2 Å². The molecule has 0 spiro atoms. The fourth-order valence-electron chi connectivity index (χ4n) is 5.49. The Morgan fingerprint density at radius 1 is 1.05 bits per heavy atom. The zero-order valence-electron chi connectivity index (χ0n) is 21.2. The zero-order valence-corrected chi connectivity index (χ0v) is 21.2. The molecule has 0 unspecified atom stereocenters. The second kappa shape index (κ2) is 10.7. The number of para-hydroxylation sites is 1. The van der Waals surface area contributed by atoms with Gasteiger partial charge in [-0.15, -0.1) is 0 Å². The summed E-state index contributed by atoms with van der Waals surface area (Å²) in [5.41, 5.74) is 4.33. The maximum Gasteiger partial charge on any atom is 0.335 e. The maximum absolute atomic E-state index is 14.2. The number of benzene rings is 4. The van der Waals surface area contributed by atoms with Crippen molar-refractivity contribution in [1.29, 1.82) is 0 Å². The number of fused-ring (bicyclic) bond motifs is 2. The van der Waals surface area contributed by atoms with Crippen molar-refractivity contribution in [3.8, 4) is 5.75 Å². The molecule has 2 N–H and O–H groups in total. The summed E-state index contributed by atoms with van der Waals surface area (Å²) in [5, 5.41) is 14.8. The number of carboxylic acid groups (broad SMARTS) is 1. The summed E-state index contributed by atoms with van der Waals surface area (Å²) in [5.74, 6) is -0.128. The molecule has 3 atom stereocenters. The fourth-order valence-corrected chi connectivity index (χ4v) is 5.49. The molecular formula is C32H32FNO3. The number of hydrogen-bond donors (Lipinski definition) is 2. The minimum atomic E-state index is -0.898. The van der Waals surface area contributed by atoms with Crippen LogP contribution in [0.5, 0.6) is 5.75 Å². The Balaban J connectivity index is 1.26. The number of aryl methyl sites for hydroxylation is 1. The summed E-state index contributed by atoms with van der Waals surface area (Å²) in [6.07, 6.45) is 2.65. The number of aromatic carboxylic acids is 1. The highest BCUT2D eigenvalue weighted by atomic mass is 19.1. The first-order chi connectivity index (χ1) is 17.9. The van der Waals surface area contributed by atoms with Crippen LogP contribution in [0.25, 0.3) is 10.8 Å². The largest absolute Gasteiger partial charge is 0.490 e. The molecule has 4 aromatic carbocycles. The van der Waals surface area contributed by atoms with E-state index in [1.165, 1.54) is 0 Å². The molecular weight excluding hydrogens is 465 g/mol. The molecule has 190 valence electrons. The van der Waals surface area contributed by atoms with Crippen molar-refractivity contribution in [2.75, 3.05) is 6.54 Å². The molecule has 1 aliphatic heterocycles. The van der Waals surface area contributed by atoms with Crippen LogP contribution < -0.4 is 10.1 Å². The number of carbonyl (C=O) groups is 1. The third-order valence-corrected chi connectivity index (χ3v) is 7.51. The van der Waals surface area contributed by atoms with E-state index in [0.29, 0.717) is 10.9 Å². The molecule has 0 radical (unpaired) electrons. The molecule has 1 heterocycles. The Bertz CT molecular complexity index is 1430. The molecule has 1 aliphatic rings. The van der Waals surface area contributed by atoms with Crippen molar-refractivity contribution >= 4 is 16.7 Å². The SMILES string of the molecule is Cc1ccc([C@@H]2C[C@H](CCCN[C@H](C)c3ccc(F)c4ccccc34)Oc3ccccc32)cc1C(=O)O. The third-order valence-electron chi connectivity index (χ3n) is 7.51. The Morgan fingerprint density at radius 2 is 1.81 bits per heavy atom. The van der Waals surface area contributed by atoms with Crippen molar-refractivity contribution in [1.82, 2.24) is 5.32 Å². The quantitative estimate of drug-likeness (QED) is 0.249. The molecule has 4 aromatic rings. The Hall–Kier alpha value is -3.70. The minimum Gasteiger partial charge on any atom is -0.490 e. The normalized spacial score (nSPS) is 17.7. The van der Waals surface area contributed by atoms with Gasteiger partial charge in [-0.25, -0.2) is 9.18 Å². The van der Waals surface area contributed by atoms with Gasteiger partial charge in [0.2, 0.25) is 0 Å². The number of rotatable bonds is 8. The van der Waals surface area contributed by atoms with Gasteiger partial charge in [0, 0.05) is 22.9 Å². The first kappa shape index (κ1) is 25.0. The van der Waals surface area contributed by atoms with Gasteiger partial charge in [0.05, 0.1) is 11.7 Å². The Kier molecular flexibility index (Phi) is 7.24. The molecule has 0 fully saturated rings. The minimum absolute atomic E-state index is 0.0400. The van der Waals surface area contributed by atoms with Crippen LogP contribution in [0.3, 0.4) is 0 Å². The lowest BCUT2D eigenvalue weighted by Gasteiger charge is -2.33. The highest BCUT2D eigenvalue weighted by molar-refractivity contribution is 5.89. The summed E-state index contributed by atoms with van der Waals surface area (Å²) in [4.78, 5) is 11.7. The Morgan fingerprint density at radius 3 is 2.62 bits per heavy atom. The van der Waals surface area contributed by atoms with Gasteiger partial charge in [0.1, 0.15) is 11.6 Å². The number of nitrogens with one attached hydrogen (secondary N) is 1. The van der Waals surface area contributed by atoms with Crippen LogP contribution in [0, 0.1) is 12.7 Å². The molecule has 5 heteroatoms. The summed E-state index contributed by atoms with van der Waals surface area (Å²) < 4.78 is 20.6. The number of hydrogen-bond acceptors (Lipinski definition) is 3. The van der Waals surface area contributed by atoms with Crippen LogP contribution in [-0.4, -0.2) is 23.7 Å². The molecule has 0 saturated carbocycles. The van der Waals surface area contributed by atoms with Gasteiger partial charge in [-0.3, -0.25) is 0 Å². The van der Waals surface area contributed by atoms with E-state index in [-0.39, 0.29) is 23.9 Å². The van der Waals surface area contributed by atoms with E-state index in [4.69, 9.17) is 4.74 Å². The van der Waals surface area contributed by atoms with Crippen molar-refractivity contribution in [2.24, 2.45) is 0 Å². The molecule has 37 heavy (non-hydrogen) atoms. The van der Waals surface area contributed by atoms with Gasteiger partial charge in [0.15, 0.2) is 0 Å². The smallest absolute Gasteiger partial charge is 0.335 e. The van der Waals surface area contributed by atoms with Crippen LogP contribution in [-0.2, 0) is 0 Å². The first-order valence-electron chi connectivity index (χ1n) is 12.9. The van der Waals surface area contributed by atoms with Crippen LogP contribution in [0.1, 0.15) is 70.8 Å². The molecule has 4 nitrogen and oxygen atoms in total. The van der Waals surface area contributed by atoms with Crippen LogP contribution in [0.4, 0.5) is 4.39 Å². The number of halogens is 1. The van der Waals surface area contributed by atoms with Crippen LogP contribution >= 0.6 is 0 Å². The zero-order chi connectivity index (χ0) is 25.9.